The predicted molar refractivity (Wildman–Crippen MR) is 122 cm³/mol. The van der Waals surface area contributed by atoms with Gasteiger partial charge in [0.05, 0.1) is 11.7 Å². The number of ketones is 1. The van der Waals surface area contributed by atoms with Gasteiger partial charge >= 0.3 is 0 Å². The summed E-state index contributed by atoms with van der Waals surface area (Å²) in [5.74, 6) is 1.54. The topological polar surface area (TPSA) is 97.6 Å². The summed E-state index contributed by atoms with van der Waals surface area (Å²) in [5.41, 5.74) is 3.25. The fourth-order valence-electron chi connectivity index (χ4n) is 4.39. The van der Waals surface area contributed by atoms with Gasteiger partial charge in [0.25, 0.3) is 5.91 Å². The lowest BCUT2D eigenvalue weighted by molar-refractivity contribution is -0.118. The Kier molecular flexibility index (Phi) is 5.68. The van der Waals surface area contributed by atoms with Gasteiger partial charge in [0, 0.05) is 17.0 Å². The zero-order valence-corrected chi connectivity index (χ0v) is 18.7. The van der Waals surface area contributed by atoms with Crippen LogP contribution in [0.1, 0.15) is 47.6 Å². The van der Waals surface area contributed by atoms with Gasteiger partial charge in [0.2, 0.25) is 11.8 Å². The lowest BCUT2D eigenvalue weighted by Gasteiger charge is -2.34. The van der Waals surface area contributed by atoms with Gasteiger partial charge in [0.15, 0.2) is 12.4 Å². The summed E-state index contributed by atoms with van der Waals surface area (Å²) in [6.07, 6.45) is 1.50. The van der Waals surface area contributed by atoms with Crippen LogP contribution in [0.25, 0.3) is 11.5 Å². The largest absolute Gasteiger partial charge is 0.482 e. The Bertz CT molecular complexity index is 1180. The molecule has 1 amide bonds. The molecule has 0 bridgehead atoms. The average molecular weight is 447 g/mol. The van der Waals surface area contributed by atoms with Crippen LogP contribution in [0.3, 0.4) is 0 Å². The van der Waals surface area contributed by atoms with Crippen LogP contribution in [0.5, 0.6) is 5.75 Å². The maximum Gasteiger partial charge on any atom is 0.262 e. The highest BCUT2D eigenvalue weighted by Crippen LogP contribution is 2.32. The Balaban J connectivity index is 1.21. The summed E-state index contributed by atoms with van der Waals surface area (Å²) in [7, 11) is 0. The van der Waals surface area contributed by atoms with E-state index in [-0.39, 0.29) is 30.3 Å². The number of carbonyl (C=O) groups excluding carboxylic acids is 2. The first-order valence-corrected chi connectivity index (χ1v) is 11.2. The Morgan fingerprint density at radius 2 is 1.88 bits per heavy atom. The van der Waals surface area contributed by atoms with E-state index in [1.54, 1.807) is 18.2 Å². The molecule has 33 heavy (non-hydrogen) atoms. The molecule has 2 aromatic carbocycles. The lowest BCUT2D eigenvalue weighted by Crippen LogP contribution is -2.38. The minimum atomic E-state index is -0.207. The number of aryl methyl sites for hydroxylation is 1. The van der Waals surface area contributed by atoms with Crippen LogP contribution in [0.4, 0.5) is 5.69 Å². The van der Waals surface area contributed by atoms with Crippen molar-refractivity contribution in [3.63, 3.8) is 0 Å². The summed E-state index contributed by atoms with van der Waals surface area (Å²) in [6, 6.07) is 13.2. The Morgan fingerprint density at radius 3 is 2.64 bits per heavy atom. The molecule has 8 nitrogen and oxygen atoms in total. The molecule has 3 heterocycles. The molecule has 8 heteroatoms. The Morgan fingerprint density at radius 1 is 1.12 bits per heavy atom. The van der Waals surface area contributed by atoms with Gasteiger partial charge in [0.1, 0.15) is 5.75 Å². The van der Waals surface area contributed by atoms with Crippen LogP contribution in [0, 0.1) is 12.8 Å². The first kappa shape index (κ1) is 21.3. The standard InChI is InChI=1S/C25H26N4O4/c1-15-3-5-18(6-4-15)25-28-27-24(33-25)16(2)29-11-9-17(10-12-29)23(31)19-7-8-21-20(13-19)26-22(30)14-32-21/h3-8,13,16-17H,9-12,14H2,1-2H3,(H,26,30). The van der Waals surface area contributed by atoms with Crippen LogP contribution < -0.4 is 10.1 Å². The highest BCUT2D eigenvalue weighted by Gasteiger charge is 2.31. The van der Waals surface area contributed by atoms with Crippen molar-refractivity contribution in [3.05, 3.63) is 59.5 Å². The molecule has 5 rings (SSSR count). The number of amides is 1. The molecule has 3 aromatic rings. The highest BCUT2D eigenvalue weighted by molar-refractivity contribution is 6.01. The second kappa shape index (κ2) is 8.78. The number of nitrogens with zero attached hydrogens (tertiary/aromatic N) is 3. The number of ether oxygens (including phenoxy) is 1. The maximum absolute atomic E-state index is 13.1. The third-order valence-electron chi connectivity index (χ3n) is 6.44. The van der Waals surface area contributed by atoms with E-state index in [4.69, 9.17) is 9.15 Å². The van der Waals surface area contributed by atoms with E-state index in [2.05, 4.69) is 27.3 Å². The van der Waals surface area contributed by atoms with Gasteiger partial charge in [-0.3, -0.25) is 14.5 Å². The zero-order valence-electron chi connectivity index (χ0n) is 18.7. The smallest absolute Gasteiger partial charge is 0.262 e. The molecule has 2 aliphatic heterocycles. The molecule has 0 aliphatic carbocycles. The van der Waals surface area contributed by atoms with Crippen molar-refractivity contribution in [2.45, 2.75) is 32.7 Å². The fraction of sp³-hybridized carbons (Fsp3) is 0.360. The molecule has 0 radical (unpaired) electrons. The summed E-state index contributed by atoms with van der Waals surface area (Å²) in [5, 5.41) is 11.3. The quantitative estimate of drug-likeness (QED) is 0.591. The van der Waals surface area contributed by atoms with Gasteiger partial charge in [-0.1, -0.05) is 17.7 Å². The van der Waals surface area contributed by atoms with E-state index in [1.165, 1.54) is 5.56 Å². The molecule has 170 valence electrons. The third-order valence-corrected chi connectivity index (χ3v) is 6.44. The van der Waals surface area contributed by atoms with Crippen molar-refractivity contribution in [2.75, 3.05) is 25.0 Å². The number of aromatic nitrogens is 2. The number of carbonyl (C=O) groups is 2. The molecule has 1 unspecified atom stereocenters. The fourth-order valence-corrected chi connectivity index (χ4v) is 4.39. The normalized spacial score (nSPS) is 17.7. The first-order valence-electron chi connectivity index (χ1n) is 11.2. The average Bonchev–Trinajstić information content (AvgIpc) is 3.33. The van der Waals surface area contributed by atoms with Crippen molar-refractivity contribution in [2.24, 2.45) is 5.92 Å². The molecule has 0 spiro atoms. The number of rotatable bonds is 5. The van der Waals surface area contributed by atoms with E-state index >= 15 is 0 Å². The van der Waals surface area contributed by atoms with E-state index in [0.29, 0.717) is 28.8 Å². The highest BCUT2D eigenvalue weighted by atomic mass is 16.5. The van der Waals surface area contributed by atoms with Crippen LogP contribution in [0.15, 0.2) is 46.9 Å². The van der Waals surface area contributed by atoms with Crippen LogP contribution in [-0.2, 0) is 4.79 Å². The third kappa shape index (κ3) is 4.39. The monoisotopic (exact) mass is 446 g/mol. The maximum atomic E-state index is 13.1. The lowest BCUT2D eigenvalue weighted by atomic mass is 9.88. The summed E-state index contributed by atoms with van der Waals surface area (Å²) < 4.78 is 11.3. The van der Waals surface area contributed by atoms with E-state index < -0.39 is 0 Å². The van der Waals surface area contributed by atoms with E-state index in [1.807, 2.05) is 31.2 Å². The molecular weight excluding hydrogens is 420 g/mol. The molecule has 1 N–H and O–H groups in total. The van der Waals surface area contributed by atoms with Gasteiger partial charge < -0.3 is 14.5 Å². The Hall–Kier alpha value is -3.52. The van der Waals surface area contributed by atoms with Crippen molar-refractivity contribution in [1.29, 1.82) is 0 Å². The van der Waals surface area contributed by atoms with Crippen LogP contribution >= 0.6 is 0 Å². The number of anilines is 1. The van der Waals surface area contributed by atoms with Gasteiger partial charge in [-0.05, 0) is 70.1 Å². The number of nitrogens with one attached hydrogen (secondary N) is 1. The molecule has 1 saturated heterocycles. The van der Waals surface area contributed by atoms with Crippen molar-refractivity contribution in [3.8, 4) is 17.2 Å². The number of Topliss-reactive ketones (excluding diaryl/α,β-unsaturated/α-hetero) is 1. The number of fused-ring (bicyclic) bond motifs is 1. The minimum Gasteiger partial charge on any atom is -0.482 e. The second-order valence-corrected chi connectivity index (χ2v) is 8.71. The number of piperidine rings is 1. The number of hydrogen-bond acceptors (Lipinski definition) is 7. The zero-order chi connectivity index (χ0) is 22.9. The number of hydrogen-bond donors (Lipinski definition) is 1. The first-order chi connectivity index (χ1) is 16.0. The van der Waals surface area contributed by atoms with Crippen LogP contribution in [0.2, 0.25) is 0 Å². The summed E-state index contributed by atoms with van der Waals surface area (Å²) in [6.45, 7) is 5.64. The van der Waals surface area contributed by atoms with Crippen molar-refractivity contribution >= 4 is 17.4 Å². The molecule has 0 saturated carbocycles. The summed E-state index contributed by atoms with van der Waals surface area (Å²) >= 11 is 0. The van der Waals surface area contributed by atoms with Gasteiger partial charge in [-0.2, -0.15) is 0 Å². The number of benzene rings is 2. The molecule has 1 atom stereocenters. The van der Waals surface area contributed by atoms with Crippen molar-refractivity contribution in [1.82, 2.24) is 15.1 Å². The SMILES string of the molecule is Cc1ccc(-c2nnc(C(C)N3CCC(C(=O)c4ccc5c(c4)NC(=O)CO5)CC3)o2)cc1. The van der Waals surface area contributed by atoms with Crippen LogP contribution in [-0.4, -0.2) is 46.5 Å². The minimum absolute atomic E-state index is 0.00347. The molecule has 1 aromatic heterocycles. The van der Waals surface area contributed by atoms with E-state index in [0.717, 1.165) is 31.5 Å². The summed E-state index contributed by atoms with van der Waals surface area (Å²) in [4.78, 5) is 26.9. The predicted octanol–water partition coefficient (Wildman–Crippen LogP) is 4.03. The number of likely N-dealkylation sites (tertiary alicyclic amines) is 1. The van der Waals surface area contributed by atoms with Gasteiger partial charge in [-0.15, -0.1) is 10.2 Å². The molecular formula is C25H26N4O4. The molecule has 2 aliphatic rings. The molecule has 1 fully saturated rings. The Labute approximate surface area is 191 Å². The van der Waals surface area contributed by atoms with E-state index in [9.17, 15) is 9.59 Å². The van der Waals surface area contributed by atoms with Gasteiger partial charge in [-0.25, -0.2) is 0 Å². The van der Waals surface area contributed by atoms with Crippen molar-refractivity contribution < 1.29 is 18.7 Å². The second-order valence-electron chi connectivity index (χ2n) is 8.71.